The zero-order valence-corrected chi connectivity index (χ0v) is 63.7. The minimum atomic E-state index is -0.141. The van der Waals surface area contributed by atoms with Crippen LogP contribution >= 0.6 is 0 Å². The van der Waals surface area contributed by atoms with Gasteiger partial charge in [-0.15, -0.1) is 0 Å². The molecular formula is C102H94BN3. The van der Waals surface area contributed by atoms with E-state index in [1.165, 1.54) is 157 Å². The fourth-order valence-electron chi connectivity index (χ4n) is 20.4. The second-order valence-corrected chi connectivity index (χ2v) is 36.4. The highest BCUT2D eigenvalue weighted by Gasteiger charge is 2.48. The molecule has 6 aliphatic carbocycles. The summed E-state index contributed by atoms with van der Waals surface area (Å²) < 4.78 is 2.57. The average molecular weight is 1370 g/mol. The predicted octanol–water partition coefficient (Wildman–Crippen LogP) is 25.4. The van der Waals surface area contributed by atoms with Crippen LogP contribution < -0.4 is 26.2 Å². The number of para-hydroxylation sites is 2. The van der Waals surface area contributed by atoms with Crippen molar-refractivity contribution in [1.29, 1.82) is 0 Å². The molecule has 5 atom stereocenters. The Bertz CT molecular complexity index is 5860. The zero-order valence-electron chi connectivity index (χ0n) is 63.7. The summed E-state index contributed by atoms with van der Waals surface area (Å²) in [6, 6.07) is 87.5. The lowest BCUT2D eigenvalue weighted by atomic mass is 9.33. The third-order valence-corrected chi connectivity index (χ3v) is 26.0. The number of aromatic nitrogens is 1. The fourth-order valence-corrected chi connectivity index (χ4v) is 20.4. The van der Waals surface area contributed by atoms with Crippen molar-refractivity contribution in [2.45, 2.75) is 127 Å². The monoisotopic (exact) mass is 1370 g/mol. The van der Waals surface area contributed by atoms with Gasteiger partial charge in [-0.2, -0.15) is 0 Å². The second-order valence-electron chi connectivity index (χ2n) is 36.4. The van der Waals surface area contributed by atoms with Crippen molar-refractivity contribution >= 4 is 95.4 Å². The van der Waals surface area contributed by atoms with E-state index < -0.39 is 0 Å². The van der Waals surface area contributed by atoms with E-state index in [9.17, 15) is 0 Å². The van der Waals surface area contributed by atoms with Gasteiger partial charge in [-0.3, -0.25) is 0 Å². The van der Waals surface area contributed by atoms with E-state index in [2.05, 4.69) is 358 Å². The molecule has 0 saturated carbocycles. The molecule has 106 heavy (non-hydrogen) atoms. The summed E-state index contributed by atoms with van der Waals surface area (Å²) in [7, 11) is 0. The Morgan fingerprint density at radius 1 is 0.453 bits per heavy atom. The number of fused-ring (bicyclic) bond motifs is 7. The maximum Gasteiger partial charge on any atom is 0.252 e. The molecule has 11 aromatic carbocycles. The number of aryl methyl sites for hydroxylation is 1. The van der Waals surface area contributed by atoms with Gasteiger partial charge >= 0.3 is 0 Å². The van der Waals surface area contributed by atoms with Crippen molar-refractivity contribution < 1.29 is 0 Å². The lowest BCUT2D eigenvalue weighted by molar-refractivity contribution is 0.197. The summed E-state index contributed by atoms with van der Waals surface area (Å²) in [6.45, 7) is 29.0. The molecule has 0 saturated heterocycles. The molecule has 20 rings (SSSR count). The summed E-state index contributed by atoms with van der Waals surface area (Å²) in [5, 5.41) is 5.44. The first kappa shape index (κ1) is 65.1. The predicted molar refractivity (Wildman–Crippen MR) is 452 cm³/mol. The molecule has 1 aromatic heterocycles. The Morgan fingerprint density at radius 2 is 1.02 bits per heavy atom. The standard InChI is InChI=1S/C102H94BN3/c1-99(2,3)73-47-67-31-33-69-49-75(101(7,8)9)57-84-82(53-71(51-73)94(67)96(69)84)65-39-45-86-90(55-65)104(77-41-35-63(36-42-77)61-23-15-13-16-24-61)92-59-79(106-88-29-21-19-27-80(88)81-28-20-22-30-89(81)106)60-93-98(92)103(86)87-46-40-66(56-91(87)105(93)78-43-37-64(38-44-78)62-25-17-14-18-26-62)83-54-72-52-74(100(4,5)6)48-68-32-34-70-50-76(102(10,11)12)58-85(83)97(70)95(68)72/h13-31,33,35-48,51-57,59-60,69-70,76,94,96H,32,34,49-50,58H2,1-12H3. The first-order chi connectivity index (χ1) is 51.1. The topological polar surface area (TPSA) is 11.4 Å². The smallest absolute Gasteiger partial charge is 0.252 e. The van der Waals surface area contributed by atoms with Gasteiger partial charge < -0.3 is 14.4 Å². The summed E-state index contributed by atoms with van der Waals surface area (Å²) in [4.78, 5) is 5.36. The van der Waals surface area contributed by atoms with Crippen LogP contribution in [0.25, 0.3) is 77.2 Å². The highest BCUT2D eigenvalue weighted by atomic mass is 15.2. The summed E-state index contributed by atoms with van der Waals surface area (Å²) in [6.07, 6.45) is 21.3. The van der Waals surface area contributed by atoms with Crippen LogP contribution in [0, 0.1) is 39.9 Å². The zero-order chi connectivity index (χ0) is 72.2. The molecule has 0 radical (unpaired) electrons. The van der Waals surface area contributed by atoms with Gasteiger partial charge in [-0.05, 0) is 254 Å². The van der Waals surface area contributed by atoms with E-state index >= 15 is 0 Å². The van der Waals surface area contributed by atoms with Crippen molar-refractivity contribution in [2.75, 3.05) is 9.80 Å². The van der Waals surface area contributed by atoms with Gasteiger partial charge in [0.2, 0.25) is 0 Å². The Hall–Kier alpha value is -10.4. The minimum Gasteiger partial charge on any atom is -0.311 e. The number of rotatable bonds is 7. The molecule has 8 aliphatic rings. The minimum absolute atomic E-state index is 0.00900. The maximum absolute atomic E-state index is 2.68. The summed E-state index contributed by atoms with van der Waals surface area (Å²) in [5.41, 5.74) is 38.3. The highest BCUT2D eigenvalue weighted by molar-refractivity contribution is 7.00. The van der Waals surface area contributed by atoms with Crippen LogP contribution in [0.15, 0.2) is 289 Å². The maximum atomic E-state index is 2.68. The van der Waals surface area contributed by atoms with E-state index in [-0.39, 0.29) is 28.4 Å². The Balaban J connectivity index is 0.891. The van der Waals surface area contributed by atoms with E-state index in [0.29, 0.717) is 29.6 Å². The molecular weight excluding hydrogens is 1280 g/mol. The fraction of sp³-hybridized carbons (Fsp3) is 0.255. The lowest BCUT2D eigenvalue weighted by Gasteiger charge is -2.48. The second kappa shape index (κ2) is 23.5. The molecule has 2 aliphatic heterocycles. The van der Waals surface area contributed by atoms with Crippen molar-refractivity contribution in [2.24, 2.45) is 39.9 Å². The molecule has 0 spiro atoms. The van der Waals surface area contributed by atoms with Gasteiger partial charge in [-0.25, -0.2) is 0 Å². The molecule has 0 N–H and O–H groups in total. The molecule has 4 heteroatoms. The SMILES string of the molecule is CC(C)(C)C1=CC2=CC(c3ccc4c(c3)N(c3ccc(-c5ccccc5)cc3)c3cc(-n5c6ccccc6c6ccccc65)cc5c3B4c3ccc(-c4cc6cc(C(C)(C)C)cc7c6c6c4CC(C(C)(C)C)CC6CC7)cc3N5c3ccc(-c4ccccc4)cc3)=C3C=C(C(C)(C)C)CC4C=CC(=C1)C2C34. The molecule has 0 bridgehead atoms. The number of hydrogen-bond acceptors (Lipinski definition) is 2. The highest BCUT2D eigenvalue weighted by Crippen LogP contribution is 2.59. The largest absolute Gasteiger partial charge is 0.311 e. The van der Waals surface area contributed by atoms with Crippen molar-refractivity contribution in [3.63, 3.8) is 0 Å². The quantitative estimate of drug-likeness (QED) is 0.147. The lowest BCUT2D eigenvalue weighted by Crippen LogP contribution is -2.61. The van der Waals surface area contributed by atoms with Crippen molar-refractivity contribution in [3.8, 4) is 39.1 Å². The van der Waals surface area contributed by atoms with Crippen LogP contribution in [0.5, 0.6) is 0 Å². The van der Waals surface area contributed by atoms with Crippen LogP contribution in [-0.2, 0) is 18.3 Å². The van der Waals surface area contributed by atoms with Crippen LogP contribution in [0.4, 0.5) is 34.1 Å². The van der Waals surface area contributed by atoms with Gasteiger partial charge in [-0.1, -0.05) is 283 Å². The molecule has 12 aromatic rings. The van der Waals surface area contributed by atoms with Gasteiger partial charge in [0.25, 0.3) is 6.71 Å². The Kier molecular flexibility index (Phi) is 14.5. The van der Waals surface area contributed by atoms with Crippen LogP contribution in [-0.4, -0.2) is 11.3 Å². The molecule has 3 heterocycles. The molecule has 520 valence electrons. The normalized spacial score (nSPS) is 19.9. The van der Waals surface area contributed by atoms with E-state index in [1.807, 2.05) is 0 Å². The Labute approximate surface area is 627 Å². The van der Waals surface area contributed by atoms with Gasteiger partial charge in [0.1, 0.15) is 0 Å². The van der Waals surface area contributed by atoms with Gasteiger partial charge in [0, 0.05) is 56.7 Å². The summed E-state index contributed by atoms with van der Waals surface area (Å²) >= 11 is 0. The van der Waals surface area contributed by atoms with Gasteiger partial charge in [0.05, 0.1) is 16.7 Å². The molecule has 0 amide bonds. The van der Waals surface area contributed by atoms with E-state index in [4.69, 9.17) is 0 Å². The number of anilines is 6. The average Bonchev–Trinajstić information content (AvgIpc) is 0.811. The number of benzene rings is 11. The molecule has 3 nitrogen and oxygen atoms in total. The number of allylic oxidation sites excluding steroid dienone is 12. The third kappa shape index (κ3) is 10.3. The molecule has 5 unspecified atom stereocenters. The third-order valence-electron chi connectivity index (χ3n) is 26.0. The summed E-state index contributed by atoms with van der Waals surface area (Å²) in [5.74, 6) is 2.14. The first-order valence-corrected chi connectivity index (χ1v) is 39.3. The first-order valence-electron chi connectivity index (χ1n) is 39.3. The number of hydrogen-bond donors (Lipinski definition) is 0. The van der Waals surface area contributed by atoms with Crippen molar-refractivity contribution in [3.05, 3.63) is 317 Å². The van der Waals surface area contributed by atoms with Crippen LogP contribution in [0.2, 0.25) is 0 Å². The van der Waals surface area contributed by atoms with E-state index in [1.54, 1.807) is 22.1 Å². The van der Waals surface area contributed by atoms with Crippen LogP contribution in [0.3, 0.4) is 0 Å². The van der Waals surface area contributed by atoms with Gasteiger partial charge in [0.15, 0.2) is 0 Å². The molecule has 0 fully saturated rings. The Morgan fingerprint density at radius 3 is 1.60 bits per heavy atom. The van der Waals surface area contributed by atoms with E-state index in [0.717, 1.165) is 36.3 Å². The number of nitrogens with zero attached hydrogens (tertiary/aromatic N) is 3. The van der Waals surface area contributed by atoms with Crippen LogP contribution in [0.1, 0.15) is 136 Å². The van der Waals surface area contributed by atoms with Crippen molar-refractivity contribution in [1.82, 2.24) is 4.57 Å².